The van der Waals surface area contributed by atoms with Crippen LogP contribution in [0.1, 0.15) is 50.5 Å². The van der Waals surface area contributed by atoms with E-state index in [9.17, 15) is 13.7 Å². The lowest BCUT2D eigenvalue weighted by Crippen LogP contribution is -2.42. The predicted molar refractivity (Wildman–Crippen MR) is 113 cm³/mol. The number of ether oxygens (including phenoxy) is 1. The van der Waals surface area contributed by atoms with Gasteiger partial charge in [0.25, 0.3) is 0 Å². The Morgan fingerprint density at radius 1 is 1.16 bits per heavy atom. The van der Waals surface area contributed by atoms with Gasteiger partial charge in [-0.1, -0.05) is 6.42 Å². The Bertz CT molecular complexity index is 1050. The Balaban J connectivity index is 1.38. The molecular weight excluding hydrogens is 418 g/mol. The number of hydrogen-bond donors (Lipinski definition) is 1. The van der Waals surface area contributed by atoms with Gasteiger partial charge in [-0.25, -0.2) is 13.4 Å². The molecule has 1 aliphatic carbocycles. The van der Waals surface area contributed by atoms with Gasteiger partial charge in [-0.05, 0) is 38.5 Å². The van der Waals surface area contributed by atoms with Crippen LogP contribution in [0.25, 0.3) is 0 Å². The molecule has 0 amide bonds. The first-order valence-corrected chi connectivity index (χ1v) is 12.1. The maximum Gasteiger partial charge on any atom is 0.246 e. The van der Waals surface area contributed by atoms with Crippen LogP contribution in [0, 0.1) is 11.3 Å². The van der Waals surface area contributed by atoms with Crippen molar-refractivity contribution in [1.82, 2.24) is 24.1 Å². The standard InChI is InChI=1S/C20H27N7O3S/c1-26-14-18(13-23-26)31(28,29)27-9-7-16(8-10-27)24-20-22-12-15(11-21)19(25-20)30-17-5-3-2-4-6-17/h12-14,16-17H,2-10H2,1H3,(H,22,24,25). The third-order valence-corrected chi connectivity index (χ3v) is 7.66. The first-order valence-electron chi connectivity index (χ1n) is 10.6. The van der Waals surface area contributed by atoms with Crippen molar-refractivity contribution in [3.8, 4) is 11.9 Å². The van der Waals surface area contributed by atoms with Gasteiger partial charge in [0.1, 0.15) is 22.6 Å². The van der Waals surface area contributed by atoms with Gasteiger partial charge < -0.3 is 10.1 Å². The SMILES string of the molecule is Cn1cc(S(=O)(=O)N2CCC(Nc3ncc(C#N)c(OC4CCCCC4)n3)CC2)cn1. The lowest BCUT2D eigenvalue weighted by molar-refractivity contribution is 0.148. The van der Waals surface area contributed by atoms with Gasteiger partial charge >= 0.3 is 0 Å². The molecule has 2 fully saturated rings. The van der Waals surface area contributed by atoms with Crippen molar-refractivity contribution in [3.63, 3.8) is 0 Å². The second-order valence-corrected chi connectivity index (χ2v) is 10.0. The van der Waals surface area contributed by atoms with Gasteiger partial charge in [0.2, 0.25) is 21.9 Å². The Kier molecular flexibility index (Phi) is 6.38. The maximum absolute atomic E-state index is 12.8. The summed E-state index contributed by atoms with van der Waals surface area (Å²) in [5.74, 6) is 0.724. The lowest BCUT2D eigenvalue weighted by Gasteiger charge is -2.31. The third-order valence-electron chi connectivity index (χ3n) is 5.81. The van der Waals surface area contributed by atoms with E-state index in [0.717, 1.165) is 25.7 Å². The molecule has 11 heteroatoms. The second kappa shape index (κ2) is 9.20. The number of aromatic nitrogens is 4. The van der Waals surface area contributed by atoms with E-state index in [2.05, 4.69) is 26.5 Å². The van der Waals surface area contributed by atoms with Crippen molar-refractivity contribution >= 4 is 16.0 Å². The highest BCUT2D eigenvalue weighted by molar-refractivity contribution is 7.89. The number of anilines is 1. The summed E-state index contributed by atoms with van der Waals surface area (Å²) in [6.07, 6.45) is 11.1. The largest absolute Gasteiger partial charge is 0.473 e. The average Bonchev–Trinajstić information content (AvgIpc) is 3.22. The van der Waals surface area contributed by atoms with Crippen LogP contribution in [0.2, 0.25) is 0 Å². The number of nitriles is 1. The molecule has 1 saturated heterocycles. The molecule has 166 valence electrons. The minimum absolute atomic E-state index is 0.0378. The van der Waals surface area contributed by atoms with Gasteiger partial charge in [-0.3, -0.25) is 4.68 Å². The number of piperidine rings is 1. The molecule has 0 radical (unpaired) electrons. The summed E-state index contributed by atoms with van der Waals surface area (Å²) in [7, 11) is -1.84. The second-order valence-electron chi connectivity index (χ2n) is 8.07. The molecule has 1 N–H and O–H groups in total. The van der Waals surface area contributed by atoms with Crippen molar-refractivity contribution in [3.05, 3.63) is 24.2 Å². The monoisotopic (exact) mass is 445 g/mol. The number of rotatable bonds is 6. The summed E-state index contributed by atoms with van der Waals surface area (Å²) >= 11 is 0. The van der Waals surface area contributed by atoms with Gasteiger partial charge in [-0.2, -0.15) is 19.6 Å². The van der Waals surface area contributed by atoms with Crippen LogP contribution in [0.3, 0.4) is 0 Å². The van der Waals surface area contributed by atoms with E-state index in [1.165, 1.54) is 34.0 Å². The zero-order valence-corrected chi connectivity index (χ0v) is 18.4. The van der Waals surface area contributed by atoms with Gasteiger partial charge in [0.05, 0.1) is 12.4 Å². The van der Waals surface area contributed by atoms with Gasteiger partial charge in [0, 0.05) is 32.4 Å². The highest BCUT2D eigenvalue weighted by atomic mass is 32.2. The molecule has 2 aromatic heterocycles. The summed E-state index contributed by atoms with van der Waals surface area (Å²) < 4.78 is 34.5. The normalized spacial score (nSPS) is 19.1. The van der Waals surface area contributed by atoms with Crippen LogP contribution in [-0.4, -0.2) is 57.7 Å². The zero-order valence-electron chi connectivity index (χ0n) is 17.6. The molecule has 0 unspecified atom stereocenters. The molecule has 0 spiro atoms. The molecule has 10 nitrogen and oxygen atoms in total. The van der Waals surface area contributed by atoms with E-state index < -0.39 is 10.0 Å². The fraction of sp³-hybridized carbons (Fsp3) is 0.600. The first kappa shape index (κ1) is 21.5. The number of aryl methyl sites for hydroxylation is 1. The van der Waals surface area contributed by atoms with E-state index in [4.69, 9.17) is 4.74 Å². The van der Waals surface area contributed by atoms with E-state index >= 15 is 0 Å². The fourth-order valence-corrected chi connectivity index (χ4v) is 5.50. The molecule has 0 aromatic carbocycles. The average molecular weight is 446 g/mol. The van der Waals surface area contributed by atoms with Crippen LogP contribution in [0.4, 0.5) is 5.95 Å². The highest BCUT2D eigenvalue weighted by Gasteiger charge is 2.30. The molecule has 1 saturated carbocycles. The molecular formula is C20H27N7O3S. The smallest absolute Gasteiger partial charge is 0.246 e. The summed E-state index contributed by atoms with van der Waals surface area (Å²) in [4.78, 5) is 8.90. The topological polar surface area (TPSA) is 126 Å². The molecule has 2 aromatic rings. The lowest BCUT2D eigenvalue weighted by atomic mass is 9.98. The van der Waals surface area contributed by atoms with Crippen LogP contribution in [0.5, 0.6) is 5.88 Å². The van der Waals surface area contributed by atoms with Crippen molar-refractivity contribution in [2.24, 2.45) is 7.05 Å². The Labute approximate surface area is 182 Å². The Morgan fingerprint density at radius 2 is 1.90 bits per heavy atom. The number of hydrogen-bond acceptors (Lipinski definition) is 8. The van der Waals surface area contributed by atoms with Crippen LogP contribution in [-0.2, 0) is 17.1 Å². The van der Waals surface area contributed by atoms with E-state index in [1.807, 2.05) is 0 Å². The predicted octanol–water partition coefficient (Wildman–Crippen LogP) is 2.06. The minimum atomic E-state index is -3.53. The van der Waals surface area contributed by atoms with E-state index in [0.29, 0.717) is 43.3 Å². The molecule has 0 bridgehead atoms. The number of nitrogens with zero attached hydrogens (tertiary/aromatic N) is 6. The molecule has 31 heavy (non-hydrogen) atoms. The molecule has 1 aliphatic heterocycles. The number of sulfonamides is 1. The van der Waals surface area contributed by atoms with Crippen molar-refractivity contribution < 1.29 is 13.2 Å². The zero-order chi connectivity index (χ0) is 21.8. The summed E-state index contributed by atoms with van der Waals surface area (Å²) in [5.41, 5.74) is 0.327. The Morgan fingerprint density at radius 3 is 2.55 bits per heavy atom. The fourth-order valence-electron chi connectivity index (χ4n) is 4.05. The summed E-state index contributed by atoms with van der Waals surface area (Å²) in [6, 6.07) is 2.14. The summed E-state index contributed by atoms with van der Waals surface area (Å²) in [5, 5.41) is 16.6. The van der Waals surface area contributed by atoms with E-state index in [-0.39, 0.29) is 17.0 Å². The Hall–Kier alpha value is -2.71. The first-order chi connectivity index (χ1) is 15.0. The molecule has 0 atom stereocenters. The minimum Gasteiger partial charge on any atom is -0.473 e. The third kappa shape index (κ3) is 4.97. The molecule has 3 heterocycles. The van der Waals surface area contributed by atoms with Crippen LogP contribution in [0.15, 0.2) is 23.5 Å². The number of nitrogens with one attached hydrogen (secondary N) is 1. The highest BCUT2D eigenvalue weighted by Crippen LogP contribution is 2.26. The van der Waals surface area contributed by atoms with E-state index in [1.54, 1.807) is 7.05 Å². The quantitative estimate of drug-likeness (QED) is 0.716. The maximum atomic E-state index is 12.8. The van der Waals surface area contributed by atoms with Crippen LogP contribution >= 0.6 is 0 Å². The van der Waals surface area contributed by atoms with Crippen molar-refractivity contribution in [1.29, 1.82) is 5.26 Å². The van der Waals surface area contributed by atoms with Crippen LogP contribution < -0.4 is 10.1 Å². The summed E-state index contributed by atoms with van der Waals surface area (Å²) in [6.45, 7) is 0.799. The molecule has 2 aliphatic rings. The van der Waals surface area contributed by atoms with Gasteiger partial charge in [-0.15, -0.1) is 0 Å². The van der Waals surface area contributed by atoms with Crippen molar-refractivity contribution in [2.75, 3.05) is 18.4 Å². The molecule has 4 rings (SSSR count). The van der Waals surface area contributed by atoms with Crippen molar-refractivity contribution in [2.45, 2.75) is 62.0 Å². The van der Waals surface area contributed by atoms with Gasteiger partial charge in [0.15, 0.2) is 0 Å².